The number of amidine groups is 1. The first kappa shape index (κ1) is 14.7. The maximum absolute atomic E-state index is 13.0. The van der Waals surface area contributed by atoms with E-state index in [0.717, 1.165) is 29.9 Å². The maximum atomic E-state index is 13.0. The van der Waals surface area contributed by atoms with Gasteiger partial charge >= 0.3 is 0 Å². The minimum atomic E-state index is -1.52. The topological polar surface area (TPSA) is 64.9 Å². The van der Waals surface area contributed by atoms with Crippen LogP contribution in [0.2, 0.25) is 0 Å². The van der Waals surface area contributed by atoms with Gasteiger partial charge in [-0.3, -0.25) is 4.79 Å². The van der Waals surface area contributed by atoms with Crippen LogP contribution >= 0.6 is 0 Å². The molecule has 0 aromatic heterocycles. The lowest BCUT2D eigenvalue weighted by atomic mass is 9.87. The minimum Gasteiger partial charge on any atom is -0.384 e. The van der Waals surface area contributed by atoms with Crippen molar-refractivity contribution in [2.24, 2.45) is 4.99 Å². The fourth-order valence-electron chi connectivity index (χ4n) is 4.05. The summed E-state index contributed by atoms with van der Waals surface area (Å²) in [6.45, 7) is 3.47. The zero-order chi connectivity index (χ0) is 17.2. The van der Waals surface area contributed by atoms with Crippen LogP contribution in [0.1, 0.15) is 27.9 Å². The Balaban J connectivity index is 1.63. The highest BCUT2D eigenvalue weighted by atomic mass is 16.3. The first-order valence-electron chi connectivity index (χ1n) is 8.68. The van der Waals surface area contributed by atoms with Crippen molar-refractivity contribution in [1.82, 2.24) is 0 Å². The first-order chi connectivity index (χ1) is 12.1. The van der Waals surface area contributed by atoms with Gasteiger partial charge in [0.2, 0.25) is 5.78 Å². The first-order valence-corrected chi connectivity index (χ1v) is 8.68. The molecule has 0 aliphatic carbocycles. The summed E-state index contributed by atoms with van der Waals surface area (Å²) in [6.07, 6.45) is 1.40. The van der Waals surface area contributed by atoms with E-state index in [-0.39, 0.29) is 5.78 Å². The number of aryl methyl sites for hydroxylation is 1. The highest BCUT2D eigenvalue weighted by Gasteiger charge is 2.52. The standard InChI is InChI=1S/C20H19N3O2/c1-12-2-5-16-15(10-12)18(24)20(25)7-9-23(19(20)22-16)14-4-3-13-6-8-21-17(13)11-14/h2-5,10-11,21,25H,6-9H2,1H3/t20-/m1/s1. The molecular weight excluding hydrogens is 314 g/mol. The van der Waals surface area contributed by atoms with Crippen LogP contribution in [0, 0.1) is 6.92 Å². The van der Waals surface area contributed by atoms with Crippen molar-refractivity contribution >= 4 is 28.7 Å². The lowest BCUT2D eigenvalue weighted by molar-refractivity contribution is 0.0602. The molecular formula is C20H19N3O2. The number of nitrogens with zero attached hydrogens (tertiary/aromatic N) is 2. The SMILES string of the molecule is Cc1ccc2c(c1)C(=O)[C@]1(O)CCN(c3ccc4c(c3)NCC4)C1=N2. The van der Waals surface area contributed by atoms with Gasteiger partial charge < -0.3 is 15.3 Å². The van der Waals surface area contributed by atoms with Crippen LogP contribution in [-0.2, 0) is 6.42 Å². The monoisotopic (exact) mass is 333 g/mol. The fraction of sp³-hybridized carbons (Fsp3) is 0.300. The van der Waals surface area contributed by atoms with Crippen molar-refractivity contribution in [3.05, 3.63) is 53.1 Å². The number of ketones is 1. The number of benzene rings is 2. The van der Waals surface area contributed by atoms with E-state index < -0.39 is 5.60 Å². The summed E-state index contributed by atoms with van der Waals surface area (Å²) in [4.78, 5) is 19.6. The molecule has 2 N–H and O–H groups in total. The van der Waals surface area contributed by atoms with E-state index in [1.54, 1.807) is 0 Å². The van der Waals surface area contributed by atoms with Gasteiger partial charge in [-0.15, -0.1) is 0 Å². The summed E-state index contributed by atoms with van der Waals surface area (Å²) >= 11 is 0. The predicted octanol–water partition coefficient (Wildman–Crippen LogP) is 2.83. The highest BCUT2D eigenvalue weighted by Crippen LogP contribution is 2.40. The summed E-state index contributed by atoms with van der Waals surface area (Å²) in [5.41, 5.74) is 4.03. The summed E-state index contributed by atoms with van der Waals surface area (Å²) in [7, 11) is 0. The Morgan fingerprint density at radius 3 is 3.00 bits per heavy atom. The fourth-order valence-corrected chi connectivity index (χ4v) is 4.05. The van der Waals surface area contributed by atoms with E-state index in [2.05, 4.69) is 28.5 Å². The third-order valence-corrected chi connectivity index (χ3v) is 5.44. The lowest BCUT2D eigenvalue weighted by Gasteiger charge is -2.30. The van der Waals surface area contributed by atoms with E-state index in [9.17, 15) is 9.90 Å². The van der Waals surface area contributed by atoms with Gasteiger partial charge in [-0.2, -0.15) is 0 Å². The van der Waals surface area contributed by atoms with Crippen molar-refractivity contribution < 1.29 is 9.90 Å². The molecule has 0 radical (unpaired) electrons. The number of hydrogen-bond donors (Lipinski definition) is 2. The molecule has 3 aliphatic rings. The summed E-state index contributed by atoms with van der Waals surface area (Å²) < 4.78 is 0. The van der Waals surface area contributed by atoms with Crippen LogP contribution in [0.3, 0.4) is 0 Å². The summed E-state index contributed by atoms with van der Waals surface area (Å²) in [5.74, 6) is 0.213. The molecule has 0 amide bonds. The number of carbonyl (C=O) groups excluding carboxylic acids is 1. The van der Waals surface area contributed by atoms with E-state index in [4.69, 9.17) is 0 Å². The molecule has 25 heavy (non-hydrogen) atoms. The molecule has 126 valence electrons. The number of rotatable bonds is 1. The van der Waals surface area contributed by atoms with Crippen LogP contribution in [0.4, 0.5) is 17.1 Å². The van der Waals surface area contributed by atoms with Crippen molar-refractivity contribution in [1.29, 1.82) is 0 Å². The second-order valence-electron chi connectivity index (χ2n) is 7.07. The van der Waals surface area contributed by atoms with Crippen molar-refractivity contribution in [3.63, 3.8) is 0 Å². The Bertz CT molecular complexity index is 950. The maximum Gasteiger partial charge on any atom is 0.204 e. The highest BCUT2D eigenvalue weighted by molar-refractivity contribution is 6.28. The Morgan fingerprint density at radius 2 is 2.12 bits per heavy atom. The molecule has 0 saturated carbocycles. The van der Waals surface area contributed by atoms with Crippen molar-refractivity contribution in [2.45, 2.75) is 25.4 Å². The molecule has 1 atom stereocenters. The normalized spacial score (nSPS) is 23.7. The van der Waals surface area contributed by atoms with Crippen molar-refractivity contribution in [3.8, 4) is 0 Å². The number of anilines is 2. The smallest absolute Gasteiger partial charge is 0.204 e. The Labute approximate surface area is 146 Å². The number of aliphatic hydroxyl groups is 1. The number of fused-ring (bicyclic) bond motifs is 3. The second-order valence-corrected chi connectivity index (χ2v) is 7.07. The average molecular weight is 333 g/mol. The Hall–Kier alpha value is -2.66. The molecule has 5 rings (SSSR count). The molecule has 3 aliphatic heterocycles. The number of carbonyl (C=O) groups is 1. The minimum absolute atomic E-state index is 0.238. The molecule has 0 bridgehead atoms. The van der Waals surface area contributed by atoms with E-state index in [1.165, 1.54) is 5.56 Å². The van der Waals surface area contributed by atoms with Gasteiger partial charge in [-0.05, 0) is 43.2 Å². The van der Waals surface area contributed by atoms with Gasteiger partial charge in [0.15, 0.2) is 5.60 Å². The van der Waals surface area contributed by atoms with Crippen LogP contribution in [0.5, 0.6) is 0 Å². The molecule has 2 aromatic rings. The molecule has 0 spiro atoms. The van der Waals surface area contributed by atoms with Gasteiger partial charge in [0.1, 0.15) is 5.84 Å². The number of nitrogens with one attached hydrogen (secondary N) is 1. The zero-order valence-corrected chi connectivity index (χ0v) is 14.0. The van der Waals surface area contributed by atoms with E-state index in [1.807, 2.05) is 30.0 Å². The Kier molecular flexibility index (Phi) is 2.89. The molecule has 5 heteroatoms. The average Bonchev–Trinajstić information content (AvgIpc) is 3.20. The van der Waals surface area contributed by atoms with Gasteiger partial charge in [0.05, 0.1) is 5.69 Å². The van der Waals surface area contributed by atoms with Crippen molar-refractivity contribution in [2.75, 3.05) is 23.3 Å². The third-order valence-electron chi connectivity index (χ3n) is 5.44. The van der Waals surface area contributed by atoms with Crippen LogP contribution < -0.4 is 10.2 Å². The number of aliphatic imine (C=N–C) groups is 1. The zero-order valence-electron chi connectivity index (χ0n) is 14.0. The number of hydrogen-bond acceptors (Lipinski definition) is 5. The molecule has 1 saturated heterocycles. The third kappa shape index (κ3) is 1.99. The summed E-state index contributed by atoms with van der Waals surface area (Å²) in [6, 6.07) is 11.9. The molecule has 2 aromatic carbocycles. The Morgan fingerprint density at radius 1 is 1.24 bits per heavy atom. The molecule has 5 nitrogen and oxygen atoms in total. The van der Waals surface area contributed by atoms with Gasteiger partial charge in [0, 0.05) is 36.4 Å². The molecule has 1 fully saturated rings. The molecule has 0 unspecified atom stereocenters. The van der Waals surface area contributed by atoms with Crippen LogP contribution in [0.15, 0.2) is 41.4 Å². The van der Waals surface area contributed by atoms with E-state index in [0.29, 0.717) is 30.1 Å². The van der Waals surface area contributed by atoms with Crippen LogP contribution in [-0.4, -0.2) is 35.4 Å². The van der Waals surface area contributed by atoms with E-state index >= 15 is 0 Å². The van der Waals surface area contributed by atoms with Gasteiger partial charge in [0.25, 0.3) is 0 Å². The largest absolute Gasteiger partial charge is 0.384 e. The van der Waals surface area contributed by atoms with Gasteiger partial charge in [-0.25, -0.2) is 4.99 Å². The summed E-state index contributed by atoms with van der Waals surface area (Å²) in [5, 5.41) is 14.5. The van der Waals surface area contributed by atoms with Crippen LogP contribution in [0.25, 0.3) is 0 Å². The molecule has 3 heterocycles. The quantitative estimate of drug-likeness (QED) is 0.842. The number of Topliss-reactive ketones (excluding diaryl/α,β-unsaturated/α-hetero) is 1. The second kappa shape index (κ2) is 4.92. The van der Waals surface area contributed by atoms with Gasteiger partial charge in [-0.1, -0.05) is 17.7 Å². The predicted molar refractivity (Wildman–Crippen MR) is 98.2 cm³/mol. The lowest BCUT2D eigenvalue weighted by Crippen LogP contribution is -2.48.